The van der Waals surface area contributed by atoms with E-state index in [1.807, 2.05) is 18.2 Å². The average molecular weight is 379 g/mol. The SMILES string of the molecule is Cn1ncc(N2CCC(COc3ccccn3)CC2)c(Br)c1=O. The number of aryl methyl sites for hydroxylation is 1. The second-order valence-corrected chi connectivity index (χ2v) is 6.47. The molecule has 0 atom stereocenters. The Labute approximate surface area is 143 Å². The standard InChI is InChI=1S/C16H19BrN4O2/c1-20-16(22)15(17)13(10-19-20)21-8-5-12(6-9-21)11-23-14-4-2-3-7-18-14/h2-4,7,10,12H,5-6,8-9,11H2,1H3. The highest BCUT2D eigenvalue weighted by molar-refractivity contribution is 9.10. The monoisotopic (exact) mass is 378 g/mol. The van der Waals surface area contributed by atoms with Gasteiger partial charge in [-0.25, -0.2) is 9.67 Å². The van der Waals surface area contributed by atoms with Gasteiger partial charge in [0.1, 0.15) is 4.47 Å². The van der Waals surface area contributed by atoms with Crippen LogP contribution in [-0.2, 0) is 7.05 Å². The van der Waals surface area contributed by atoms with E-state index in [1.165, 1.54) is 4.68 Å². The van der Waals surface area contributed by atoms with E-state index in [2.05, 4.69) is 30.9 Å². The molecule has 3 heterocycles. The summed E-state index contributed by atoms with van der Waals surface area (Å²) in [4.78, 5) is 18.3. The highest BCUT2D eigenvalue weighted by Gasteiger charge is 2.22. The van der Waals surface area contributed by atoms with Gasteiger partial charge >= 0.3 is 0 Å². The van der Waals surface area contributed by atoms with Crippen molar-refractivity contribution in [2.75, 3.05) is 24.6 Å². The lowest BCUT2D eigenvalue weighted by molar-refractivity contribution is 0.216. The van der Waals surface area contributed by atoms with Crippen LogP contribution in [-0.4, -0.2) is 34.5 Å². The molecular formula is C16H19BrN4O2. The molecule has 1 fully saturated rings. The molecule has 0 spiro atoms. The summed E-state index contributed by atoms with van der Waals surface area (Å²) in [5.74, 6) is 1.18. The van der Waals surface area contributed by atoms with Crippen LogP contribution in [0.3, 0.4) is 0 Å². The molecule has 0 unspecified atom stereocenters. The van der Waals surface area contributed by atoms with Crippen LogP contribution in [0.5, 0.6) is 5.88 Å². The molecule has 0 N–H and O–H groups in total. The van der Waals surface area contributed by atoms with Gasteiger partial charge in [-0.3, -0.25) is 4.79 Å². The first-order chi connectivity index (χ1) is 11.1. The molecule has 1 aliphatic heterocycles. The Morgan fingerprint density at radius 3 is 2.83 bits per heavy atom. The zero-order valence-corrected chi connectivity index (χ0v) is 14.6. The number of anilines is 1. The van der Waals surface area contributed by atoms with Gasteiger partial charge in [0.25, 0.3) is 5.56 Å². The Morgan fingerprint density at radius 1 is 1.35 bits per heavy atom. The van der Waals surface area contributed by atoms with Crippen molar-refractivity contribution in [2.24, 2.45) is 13.0 Å². The Balaban J connectivity index is 1.56. The molecular weight excluding hydrogens is 360 g/mol. The summed E-state index contributed by atoms with van der Waals surface area (Å²) in [6.07, 6.45) is 5.53. The van der Waals surface area contributed by atoms with Gasteiger partial charge in [-0.05, 0) is 40.8 Å². The van der Waals surface area contributed by atoms with Crippen molar-refractivity contribution in [3.8, 4) is 5.88 Å². The summed E-state index contributed by atoms with van der Waals surface area (Å²) < 4.78 is 7.66. The maximum absolute atomic E-state index is 12.0. The predicted molar refractivity (Wildman–Crippen MR) is 91.8 cm³/mol. The van der Waals surface area contributed by atoms with Gasteiger partial charge in [0.05, 0.1) is 18.5 Å². The molecule has 0 amide bonds. The smallest absolute Gasteiger partial charge is 0.282 e. The van der Waals surface area contributed by atoms with Crippen molar-refractivity contribution in [1.29, 1.82) is 0 Å². The molecule has 2 aromatic rings. The number of ether oxygens (including phenoxy) is 1. The lowest BCUT2D eigenvalue weighted by Crippen LogP contribution is -2.37. The molecule has 0 saturated carbocycles. The molecule has 3 rings (SSSR count). The fourth-order valence-corrected chi connectivity index (χ4v) is 3.31. The highest BCUT2D eigenvalue weighted by atomic mass is 79.9. The number of hydrogen-bond acceptors (Lipinski definition) is 5. The average Bonchev–Trinajstić information content (AvgIpc) is 2.60. The fourth-order valence-electron chi connectivity index (χ4n) is 2.70. The van der Waals surface area contributed by atoms with Crippen LogP contribution in [0.15, 0.2) is 39.9 Å². The summed E-state index contributed by atoms with van der Waals surface area (Å²) >= 11 is 3.40. The summed E-state index contributed by atoms with van der Waals surface area (Å²) in [6.45, 7) is 2.47. The van der Waals surface area contributed by atoms with Crippen LogP contribution >= 0.6 is 15.9 Å². The number of nitrogens with zero attached hydrogens (tertiary/aromatic N) is 4. The van der Waals surface area contributed by atoms with E-state index in [-0.39, 0.29) is 5.56 Å². The van der Waals surface area contributed by atoms with E-state index in [9.17, 15) is 4.79 Å². The lowest BCUT2D eigenvalue weighted by Gasteiger charge is -2.33. The molecule has 7 heteroatoms. The van der Waals surface area contributed by atoms with Gasteiger partial charge in [-0.15, -0.1) is 0 Å². The summed E-state index contributed by atoms with van der Waals surface area (Å²) in [5, 5.41) is 4.11. The second kappa shape index (κ2) is 7.12. The predicted octanol–water partition coefficient (Wildman–Crippen LogP) is 2.23. The summed E-state index contributed by atoms with van der Waals surface area (Å²) in [6, 6.07) is 5.67. The Morgan fingerprint density at radius 2 is 2.13 bits per heavy atom. The summed E-state index contributed by atoms with van der Waals surface area (Å²) in [5.41, 5.74) is 0.764. The van der Waals surface area contributed by atoms with E-state index >= 15 is 0 Å². The Hall–Kier alpha value is -1.89. The molecule has 122 valence electrons. The van der Waals surface area contributed by atoms with Gasteiger partial charge in [0.2, 0.25) is 5.88 Å². The topological polar surface area (TPSA) is 60.3 Å². The van der Waals surface area contributed by atoms with Crippen LogP contribution in [0.25, 0.3) is 0 Å². The number of rotatable bonds is 4. The zero-order chi connectivity index (χ0) is 16.2. The third kappa shape index (κ3) is 3.72. The minimum absolute atomic E-state index is 0.108. The molecule has 1 saturated heterocycles. The number of aromatic nitrogens is 3. The van der Waals surface area contributed by atoms with Crippen LogP contribution in [0.4, 0.5) is 5.69 Å². The zero-order valence-electron chi connectivity index (χ0n) is 13.0. The quantitative estimate of drug-likeness (QED) is 0.816. The van der Waals surface area contributed by atoms with Crippen molar-refractivity contribution in [1.82, 2.24) is 14.8 Å². The largest absolute Gasteiger partial charge is 0.477 e. The van der Waals surface area contributed by atoms with E-state index in [1.54, 1.807) is 19.4 Å². The maximum atomic E-state index is 12.0. The second-order valence-electron chi connectivity index (χ2n) is 5.68. The van der Waals surface area contributed by atoms with Gasteiger partial charge in [-0.2, -0.15) is 5.10 Å². The number of piperidine rings is 1. The van der Waals surface area contributed by atoms with Crippen LogP contribution in [0, 0.1) is 5.92 Å². The van der Waals surface area contributed by atoms with Crippen molar-refractivity contribution in [3.05, 3.63) is 45.4 Å². The third-order valence-electron chi connectivity index (χ3n) is 4.12. The van der Waals surface area contributed by atoms with E-state index in [4.69, 9.17) is 4.74 Å². The van der Waals surface area contributed by atoms with Gasteiger partial charge in [0, 0.05) is 32.4 Å². The number of hydrogen-bond donors (Lipinski definition) is 0. The molecule has 0 bridgehead atoms. The van der Waals surface area contributed by atoms with Crippen molar-refractivity contribution in [3.63, 3.8) is 0 Å². The van der Waals surface area contributed by atoms with Crippen molar-refractivity contribution in [2.45, 2.75) is 12.8 Å². The normalized spacial score (nSPS) is 15.7. The van der Waals surface area contributed by atoms with E-state index in [0.29, 0.717) is 22.9 Å². The van der Waals surface area contributed by atoms with E-state index < -0.39 is 0 Å². The van der Waals surface area contributed by atoms with Gasteiger partial charge < -0.3 is 9.64 Å². The van der Waals surface area contributed by atoms with Crippen LogP contribution in [0.1, 0.15) is 12.8 Å². The van der Waals surface area contributed by atoms with E-state index in [0.717, 1.165) is 31.6 Å². The third-order valence-corrected chi connectivity index (χ3v) is 4.87. The Bertz CT molecular complexity index is 712. The van der Waals surface area contributed by atoms with Crippen molar-refractivity contribution >= 4 is 21.6 Å². The summed E-state index contributed by atoms with van der Waals surface area (Å²) in [7, 11) is 1.65. The first kappa shape index (κ1) is 16.0. The Kier molecular flexibility index (Phi) is 4.95. The molecule has 0 aliphatic carbocycles. The van der Waals surface area contributed by atoms with Gasteiger partial charge in [-0.1, -0.05) is 6.07 Å². The number of halogens is 1. The van der Waals surface area contributed by atoms with Crippen molar-refractivity contribution < 1.29 is 4.74 Å². The maximum Gasteiger partial charge on any atom is 0.282 e. The van der Waals surface area contributed by atoms with Crippen LogP contribution in [0.2, 0.25) is 0 Å². The van der Waals surface area contributed by atoms with Crippen LogP contribution < -0.4 is 15.2 Å². The molecule has 1 aliphatic rings. The minimum Gasteiger partial charge on any atom is -0.477 e. The fraction of sp³-hybridized carbons (Fsp3) is 0.438. The molecule has 2 aromatic heterocycles. The molecule has 0 radical (unpaired) electrons. The van der Waals surface area contributed by atoms with Gasteiger partial charge in [0.15, 0.2) is 0 Å². The molecule has 6 nitrogen and oxygen atoms in total. The first-order valence-electron chi connectivity index (χ1n) is 7.65. The lowest BCUT2D eigenvalue weighted by atomic mass is 9.97. The molecule has 0 aromatic carbocycles. The minimum atomic E-state index is -0.108. The highest BCUT2D eigenvalue weighted by Crippen LogP contribution is 2.27. The first-order valence-corrected chi connectivity index (χ1v) is 8.45. The number of pyridine rings is 1. The molecule has 23 heavy (non-hydrogen) atoms.